The highest BCUT2D eigenvalue weighted by atomic mass is 32.1. The quantitative estimate of drug-likeness (QED) is 0.587. The molecular formula is C19H16F3N5O4S. The van der Waals surface area contributed by atoms with Crippen LogP contribution in [0.3, 0.4) is 0 Å². The number of nitrogens with one attached hydrogen (secondary N) is 3. The minimum atomic E-state index is -5.38. The molecule has 3 heterocycles. The van der Waals surface area contributed by atoms with E-state index < -0.39 is 47.0 Å². The van der Waals surface area contributed by atoms with Crippen LogP contribution in [0.5, 0.6) is 0 Å². The van der Waals surface area contributed by atoms with Gasteiger partial charge in [-0.05, 0) is 30.8 Å². The number of nitrogens with zero attached hydrogens (tertiary/aromatic N) is 2. The summed E-state index contributed by atoms with van der Waals surface area (Å²) in [5.74, 6) is -3.76. The third-order valence-corrected chi connectivity index (χ3v) is 5.62. The van der Waals surface area contributed by atoms with Crippen LogP contribution in [0, 0.1) is 4.77 Å². The predicted molar refractivity (Wildman–Crippen MR) is 108 cm³/mol. The second kappa shape index (κ2) is 7.58. The second-order valence-corrected chi connectivity index (χ2v) is 7.71. The van der Waals surface area contributed by atoms with Crippen molar-refractivity contribution in [2.24, 2.45) is 0 Å². The van der Waals surface area contributed by atoms with Gasteiger partial charge in [-0.1, -0.05) is 18.2 Å². The number of hydrogen-bond acceptors (Lipinski definition) is 5. The van der Waals surface area contributed by atoms with Crippen LogP contribution in [0.25, 0.3) is 5.69 Å². The number of aromatic amines is 1. The van der Waals surface area contributed by atoms with Gasteiger partial charge < -0.3 is 15.5 Å². The molecule has 1 atom stereocenters. The number of carbonyl (C=O) groups is 3. The minimum Gasteiger partial charge on any atom is -0.333 e. The smallest absolute Gasteiger partial charge is 0.333 e. The van der Waals surface area contributed by atoms with Crippen molar-refractivity contribution in [2.75, 3.05) is 18.4 Å². The van der Waals surface area contributed by atoms with E-state index in [1.165, 1.54) is 12.1 Å². The summed E-state index contributed by atoms with van der Waals surface area (Å²) in [5, 5.41) is 3.76. The van der Waals surface area contributed by atoms with Crippen molar-refractivity contribution in [1.29, 1.82) is 0 Å². The van der Waals surface area contributed by atoms with Gasteiger partial charge in [0.2, 0.25) is 17.4 Å². The fourth-order valence-electron chi connectivity index (χ4n) is 3.89. The van der Waals surface area contributed by atoms with E-state index in [4.69, 9.17) is 12.2 Å². The molecule has 0 unspecified atom stereocenters. The first-order valence-electron chi connectivity index (χ1n) is 9.48. The Morgan fingerprint density at radius 2 is 1.88 bits per heavy atom. The molecule has 1 saturated heterocycles. The molecule has 1 aromatic carbocycles. The number of rotatable bonds is 4. The highest BCUT2D eigenvalue weighted by Gasteiger charge is 2.68. The Hall–Kier alpha value is -3.48. The molecule has 2 aromatic rings. The molecule has 168 valence electrons. The number of likely N-dealkylation sites (tertiary alicyclic amines) is 1. The lowest BCUT2D eigenvalue weighted by atomic mass is 9.92. The van der Waals surface area contributed by atoms with Crippen molar-refractivity contribution in [2.45, 2.75) is 24.6 Å². The average molecular weight is 467 g/mol. The fraction of sp³-hybridized carbons (Fsp3) is 0.316. The molecule has 3 N–H and O–H groups in total. The number of amides is 3. The standard InChI is InChI=1S/C19H16F3N5O4S/c20-19(21,22)18(25-11(28)9-26-8-4-7-12(26)29)13-14(23-16(18)31)27(17(32)24-15(13)30)10-5-2-1-3-6-10/h1-3,5-6H,4,7-9H2,(H,23,31)(H,25,28)(H,24,30,32)/t18-/m1/s1. The van der Waals surface area contributed by atoms with Gasteiger partial charge in [0, 0.05) is 18.7 Å². The van der Waals surface area contributed by atoms with Crippen LogP contribution in [0.15, 0.2) is 35.1 Å². The molecule has 32 heavy (non-hydrogen) atoms. The fourth-order valence-corrected chi connectivity index (χ4v) is 4.18. The largest absolute Gasteiger partial charge is 0.425 e. The van der Waals surface area contributed by atoms with E-state index in [0.717, 1.165) is 9.47 Å². The predicted octanol–water partition coefficient (Wildman–Crippen LogP) is 1.34. The summed E-state index contributed by atoms with van der Waals surface area (Å²) < 4.78 is 43.9. The third kappa shape index (κ3) is 3.28. The van der Waals surface area contributed by atoms with Crippen molar-refractivity contribution >= 4 is 35.8 Å². The summed E-state index contributed by atoms with van der Waals surface area (Å²) in [4.78, 5) is 52.9. The van der Waals surface area contributed by atoms with Crippen molar-refractivity contribution in [1.82, 2.24) is 19.8 Å². The molecule has 1 aromatic heterocycles. The molecular weight excluding hydrogens is 451 g/mol. The first-order valence-corrected chi connectivity index (χ1v) is 9.89. The Labute approximate surface area is 183 Å². The lowest BCUT2D eigenvalue weighted by molar-refractivity contribution is -0.200. The van der Waals surface area contributed by atoms with Crippen LogP contribution in [-0.4, -0.2) is 51.4 Å². The molecule has 0 spiro atoms. The molecule has 13 heteroatoms. The lowest BCUT2D eigenvalue weighted by Crippen LogP contribution is -2.63. The van der Waals surface area contributed by atoms with Crippen molar-refractivity contribution in [3.05, 3.63) is 51.0 Å². The van der Waals surface area contributed by atoms with Gasteiger partial charge in [-0.3, -0.25) is 28.7 Å². The van der Waals surface area contributed by atoms with E-state index in [2.05, 4.69) is 10.3 Å². The summed E-state index contributed by atoms with van der Waals surface area (Å²) in [5.41, 5.74) is -5.67. The molecule has 0 aliphatic carbocycles. The zero-order chi connectivity index (χ0) is 23.3. The Balaban J connectivity index is 1.87. The minimum absolute atomic E-state index is 0.180. The van der Waals surface area contributed by atoms with Crippen molar-refractivity contribution in [3.63, 3.8) is 0 Å². The summed E-state index contributed by atoms with van der Waals surface area (Å²) in [7, 11) is 0. The highest BCUT2D eigenvalue weighted by molar-refractivity contribution is 7.71. The molecule has 1 fully saturated rings. The van der Waals surface area contributed by atoms with Crippen LogP contribution in [0.2, 0.25) is 0 Å². The van der Waals surface area contributed by atoms with Gasteiger partial charge in [0.25, 0.3) is 11.5 Å². The van der Waals surface area contributed by atoms with E-state index in [1.807, 2.05) is 0 Å². The zero-order valence-corrected chi connectivity index (χ0v) is 17.1. The number of hydrogen-bond donors (Lipinski definition) is 3. The first-order chi connectivity index (χ1) is 15.1. The number of halogens is 3. The third-order valence-electron chi connectivity index (χ3n) is 5.33. The normalized spacial score (nSPS) is 20.3. The number of alkyl halides is 3. The monoisotopic (exact) mass is 467 g/mol. The van der Waals surface area contributed by atoms with Gasteiger partial charge in [0.15, 0.2) is 4.77 Å². The van der Waals surface area contributed by atoms with Gasteiger partial charge in [-0.25, -0.2) is 0 Å². The van der Waals surface area contributed by atoms with Crippen molar-refractivity contribution < 1.29 is 27.6 Å². The van der Waals surface area contributed by atoms with E-state index >= 15 is 0 Å². The Morgan fingerprint density at radius 1 is 1.19 bits per heavy atom. The van der Waals surface area contributed by atoms with Crippen LogP contribution in [0.1, 0.15) is 18.4 Å². The summed E-state index contributed by atoms with van der Waals surface area (Å²) >= 11 is 5.11. The maximum atomic E-state index is 14.4. The Morgan fingerprint density at radius 3 is 2.47 bits per heavy atom. The Bertz CT molecular complexity index is 1240. The van der Waals surface area contributed by atoms with Crippen molar-refractivity contribution in [3.8, 4) is 5.69 Å². The number of H-pyrrole nitrogens is 1. The molecule has 2 aliphatic heterocycles. The zero-order valence-electron chi connectivity index (χ0n) is 16.3. The number of fused-ring (bicyclic) bond motifs is 1. The summed E-state index contributed by atoms with van der Waals surface area (Å²) in [6, 6.07) is 7.89. The topological polar surface area (TPSA) is 116 Å². The summed E-state index contributed by atoms with van der Waals surface area (Å²) in [6.07, 6.45) is -4.73. The molecule has 3 amide bonds. The number of para-hydroxylation sites is 1. The highest BCUT2D eigenvalue weighted by Crippen LogP contribution is 2.45. The number of carbonyl (C=O) groups excluding carboxylic acids is 3. The SMILES string of the molecule is O=C(CN1CCCC1=O)N[C@@]1(C(F)(F)F)C(=O)Nc2c1c(=O)[nH]c(=S)n2-c1ccccc1. The number of aromatic nitrogens is 2. The van der Waals surface area contributed by atoms with E-state index in [9.17, 15) is 32.3 Å². The van der Waals surface area contributed by atoms with Crippen LogP contribution in [0.4, 0.5) is 19.0 Å². The maximum Gasteiger partial charge on any atom is 0.425 e. The maximum absolute atomic E-state index is 14.4. The first kappa shape index (κ1) is 21.7. The van der Waals surface area contributed by atoms with Crippen LogP contribution >= 0.6 is 12.2 Å². The molecule has 2 aliphatic rings. The van der Waals surface area contributed by atoms with Gasteiger partial charge in [-0.2, -0.15) is 13.2 Å². The van der Waals surface area contributed by atoms with Crippen LogP contribution in [-0.2, 0) is 19.9 Å². The molecule has 0 bridgehead atoms. The van der Waals surface area contributed by atoms with Crippen LogP contribution < -0.4 is 16.2 Å². The number of anilines is 1. The number of benzene rings is 1. The van der Waals surface area contributed by atoms with E-state index in [1.54, 1.807) is 23.5 Å². The van der Waals surface area contributed by atoms with E-state index in [-0.39, 0.29) is 29.3 Å². The summed E-state index contributed by atoms with van der Waals surface area (Å²) in [6.45, 7) is -0.461. The van der Waals surface area contributed by atoms with E-state index in [0.29, 0.717) is 6.42 Å². The average Bonchev–Trinajstić information content (AvgIpc) is 3.23. The van der Waals surface area contributed by atoms with Gasteiger partial charge in [0.05, 0.1) is 6.54 Å². The molecule has 4 rings (SSSR count). The molecule has 0 radical (unpaired) electrons. The Kier molecular flexibility index (Phi) is 5.15. The van der Waals surface area contributed by atoms with Gasteiger partial charge >= 0.3 is 6.18 Å². The second-order valence-electron chi connectivity index (χ2n) is 7.32. The molecule has 9 nitrogen and oxygen atoms in total. The lowest BCUT2D eigenvalue weighted by Gasteiger charge is -2.30. The molecule has 0 saturated carbocycles. The van der Waals surface area contributed by atoms with Gasteiger partial charge in [-0.15, -0.1) is 0 Å². The van der Waals surface area contributed by atoms with Gasteiger partial charge in [0.1, 0.15) is 11.4 Å².